The number of hydrogen-bond acceptors (Lipinski definition) is 4. The summed E-state index contributed by atoms with van der Waals surface area (Å²) in [4.78, 5) is 13.4. The second-order valence-corrected chi connectivity index (χ2v) is 14.5. The monoisotopic (exact) mass is 474 g/mol. The standard InChI is InChI=1S/C30H50O4/c1-7-30(10-8-9-11-30)34-28(32)21-13-18-12-20(21)26-22-14-19(25(18)26)15-24(22)33-27(31)23(17(2)3)16-29(4,5)6/h17-27,31H,7-16H2,1-6H3. The summed E-state index contributed by atoms with van der Waals surface area (Å²) < 4.78 is 12.8. The Labute approximate surface area is 207 Å². The molecule has 0 amide bonds. The lowest BCUT2D eigenvalue weighted by Crippen LogP contribution is -2.44. The first kappa shape index (κ1) is 25.1. The van der Waals surface area contributed by atoms with Crippen LogP contribution < -0.4 is 0 Å². The highest BCUT2D eigenvalue weighted by molar-refractivity contribution is 5.74. The Morgan fingerprint density at radius 3 is 2.26 bits per heavy atom. The molecule has 0 spiro atoms. The highest BCUT2D eigenvalue weighted by Gasteiger charge is 2.66. The molecule has 5 aliphatic carbocycles. The lowest BCUT2D eigenvalue weighted by molar-refractivity contribution is -0.199. The zero-order valence-corrected chi connectivity index (χ0v) is 22.6. The zero-order chi connectivity index (χ0) is 24.4. The fraction of sp³-hybridized carbons (Fsp3) is 0.967. The average Bonchev–Trinajstić information content (AvgIpc) is 3.56. The number of esters is 1. The molecule has 0 radical (unpaired) electrons. The number of carbonyl (C=O) groups excluding carboxylic acids is 1. The van der Waals surface area contributed by atoms with Crippen LogP contribution in [-0.2, 0) is 14.3 Å². The summed E-state index contributed by atoms with van der Waals surface area (Å²) in [5, 5.41) is 11.2. The van der Waals surface area contributed by atoms with Crippen LogP contribution in [0.3, 0.4) is 0 Å². The van der Waals surface area contributed by atoms with E-state index in [1.807, 2.05) is 0 Å². The Morgan fingerprint density at radius 1 is 1.00 bits per heavy atom. The van der Waals surface area contributed by atoms with Crippen LogP contribution in [0.15, 0.2) is 0 Å². The number of carbonyl (C=O) groups is 1. The number of fused-ring (bicyclic) bond motifs is 9. The van der Waals surface area contributed by atoms with Gasteiger partial charge in [-0.1, -0.05) is 41.5 Å². The van der Waals surface area contributed by atoms with Gasteiger partial charge in [-0.3, -0.25) is 4.79 Å². The van der Waals surface area contributed by atoms with Crippen molar-refractivity contribution < 1.29 is 19.4 Å². The summed E-state index contributed by atoms with van der Waals surface area (Å²) in [5.74, 6) is 4.60. The number of aliphatic hydroxyl groups excluding tert-OH is 1. The SMILES string of the molecule is CCC1(OC(=O)C2CC3CC2C2C4CC(CC4OC(O)C(CC(C)(C)C)C(C)C)C32)CCCC1. The van der Waals surface area contributed by atoms with Crippen molar-refractivity contribution in [2.24, 2.45) is 58.7 Å². The van der Waals surface area contributed by atoms with E-state index < -0.39 is 6.29 Å². The maximum atomic E-state index is 13.4. The van der Waals surface area contributed by atoms with E-state index in [1.54, 1.807) is 0 Å². The first-order valence-electron chi connectivity index (χ1n) is 14.6. The summed E-state index contributed by atoms with van der Waals surface area (Å²) in [5.41, 5.74) is -0.00588. The van der Waals surface area contributed by atoms with E-state index in [4.69, 9.17) is 9.47 Å². The molecule has 0 aromatic carbocycles. The van der Waals surface area contributed by atoms with Gasteiger partial charge in [-0.2, -0.15) is 0 Å². The van der Waals surface area contributed by atoms with E-state index in [-0.39, 0.29) is 34.9 Å². The van der Waals surface area contributed by atoms with Crippen molar-refractivity contribution in [2.45, 2.75) is 124 Å². The van der Waals surface area contributed by atoms with Crippen molar-refractivity contribution in [3.05, 3.63) is 0 Å². The van der Waals surface area contributed by atoms with Crippen molar-refractivity contribution in [3.8, 4) is 0 Å². The number of ether oxygens (including phenoxy) is 2. The van der Waals surface area contributed by atoms with Gasteiger partial charge < -0.3 is 14.6 Å². The summed E-state index contributed by atoms with van der Waals surface area (Å²) >= 11 is 0. The van der Waals surface area contributed by atoms with Gasteiger partial charge in [0.05, 0.1) is 12.0 Å². The first-order chi connectivity index (χ1) is 16.0. The van der Waals surface area contributed by atoms with Gasteiger partial charge >= 0.3 is 5.97 Å². The van der Waals surface area contributed by atoms with Crippen LogP contribution >= 0.6 is 0 Å². The molecule has 4 bridgehead atoms. The molecule has 0 aliphatic heterocycles. The van der Waals surface area contributed by atoms with Crippen LogP contribution in [0.4, 0.5) is 0 Å². The van der Waals surface area contributed by atoms with Crippen LogP contribution in [0.25, 0.3) is 0 Å². The van der Waals surface area contributed by atoms with Crippen LogP contribution in [0, 0.1) is 58.7 Å². The average molecular weight is 475 g/mol. The maximum Gasteiger partial charge on any atom is 0.309 e. The summed E-state index contributed by atoms with van der Waals surface area (Å²) in [6.45, 7) is 13.3. The van der Waals surface area contributed by atoms with Crippen LogP contribution in [0.2, 0.25) is 0 Å². The van der Waals surface area contributed by atoms with Crippen molar-refractivity contribution in [2.75, 3.05) is 0 Å². The van der Waals surface area contributed by atoms with Crippen LogP contribution in [0.1, 0.15) is 106 Å². The van der Waals surface area contributed by atoms with Gasteiger partial charge in [0.2, 0.25) is 0 Å². The minimum Gasteiger partial charge on any atom is -0.459 e. The van der Waals surface area contributed by atoms with Crippen LogP contribution in [0.5, 0.6) is 0 Å². The van der Waals surface area contributed by atoms with Crippen molar-refractivity contribution >= 4 is 5.97 Å². The van der Waals surface area contributed by atoms with Gasteiger partial charge in [0.25, 0.3) is 0 Å². The van der Waals surface area contributed by atoms with Crippen molar-refractivity contribution in [1.29, 1.82) is 0 Å². The third-order valence-electron chi connectivity index (χ3n) is 10.9. The number of rotatable bonds is 8. The molecule has 1 N–H and O–H groups in total. The van der Waals surface area contributed by atoms with Gasteiger partial charge in [-0.15, -0.1) is 0 Å². The van der Waals surface area contributed by atoms with Gasteiger partial charge in [-0.05, 0) is 111 Å². The van der Waals surface area contributed by atoms with E-state index in [1.165, 1.54) is 25.7 Å². The number of hydrogen-bond donors (Lipinski definition) is 1. The molecule has 0 aromatic heterocycles. The largest absolute Gasteiger partial charge is 0.459 e. The topological polar surface area (TPSA) is 55.8 Å². The lowest BCUT2D eigenvalue weighted by atomic mass is 9.66. The van der Waals surface area contributed by atoms with E-state index in [0.29, 0.717) is 29.6 Å². The third-order valence-corrected chi connectivity index (χ3v) is 10.9. The second kappa shape index (κ2) is 9.05. The smallest absolute Gasteiger partial charge is 0.309 e. The van der Waals surface area contributed by atoms with E-state index in [0.717, 1.165) is 50.4 Å². The van der Waals surface area contributed by atoms with Gasteiger partial charge in [0, 0.05) is 5.92 Å². The molecule has 10 unspecified atom stereocenters. The molecule has 0 saturated heterocycles. The quantitative estimate of drug-likeness (QED) is 0.245. The second-order valence-electron chi connectivity index (χ2n) is 14.5. The molecule has 4 nitrogen and oxygen atoms in total. The molecule has 5 aliphatic rings. The Kier molecular flexibility index (Phi) is 6.67. The van der Waals surface area contributed by atoms with Crippen LogP contribution in [-0.4, -0.2) is 29.1 Å². The Bertz CT molecular complexity index is 747. The zero-order valence-electron chi connectivity index (χ0n) is 22.6. The fourth-order valence-corrected chi connectivity index (χ4v) is 9.46. The first-order valence-corrected chi connectivity index (χ1v) is 14.6. The Balaban J connectivity index is 1.25. The maximum absolute atomic E-state index is 13.4. The van der Waals surface area contributed by atoms with Crippen molar-refractivity contribution in [1.82, 2.24) is 0 Å². The minimum atomic E-state index is -0.687. The molecule has 0 aromatic rings. The van der Waals surface area contributed by atoms with Gasteiger partial charge in [-0.25, -0.2) is 0 Å². The van der Waals surface area contributed by atoms with E-state index in [9.17, 15) is 9.90 Å². The molecule has 0 heterocycles. The molecular weight excluding hydrogens is 424 g/mol. The van der Waals surface area contributed by atoms with E-state index in [2.05, 4.69) is 41.5 Å². The molecule has 194 valence electrons. The van der Waals surface area contributed by atoms with Gasteiger partial charge in [0.15, 0.2) is 6.29 Å². The molecule has 10 atom stereocenters. The Morgan fingerprint density at radius 2 is 1.65 bits per heavy atom. The van der Waals surface area contributed by atoms with E-state index >= 15 is 0 Å². The number of aliphatic hydroxyl groups is 1. The minimum absolute atomic E-state index is 0.101. The molecule has 34 heavy (non-hydrogen) atoms. The summed E-state index contributed by atoms with van der Waals surface area (Å²) in [6.07, 6.45) is 10.5. The normalized spacial score (nSPS) is 41.8. The van der Waals surface area contributed by atoms with Crippen molar-refractivity contribution in [3.63, 3.8) is 0 Å². The fourth-order valence-electron chi connectivity index (χ4n) is 9.46. The predicted molar refractivity (Wildman–Crippen MR) is 134 cm³/mol. The Hall–Kier alpha value is -0.610. The predicted octanol–water partition coefficient (Wildman–Crippen LogP) is 6.59. The molecular formula is C30H50O4. The highest BCUT2D eigenvalue weighted by atomic mass is 16.6. The highest BCUT2D eigenvalue weighted by Crippen LogP contribution is 2.69. The molecule has 4 heteroatoms. The molecule has 5 rings (SSSR count). The molecule has 5 fully saturated rings. The lowest BCUT2D eigenvalue weighted by Gasteiger charge is -2.43. The summed E-state index contributed by atoms with van der Waals surface area (Å²) in [7, 11) is 0. The third kappa shape index (κ3) is 4.38. The molecule has 5 saturated carbocycles. The van der Waals surface area contributed by atoms with Gasteiger partial charge in [0.1, 0.15) is 5.60 Å². The summed E-state index contributed by atoms with van der Waals surface area (Å²) in [6, 6.07) is 0.